The number of furan rings is 1. The van der Waals surface area contributed by atoms with Crippen LogP contribution in [0.2, 0.25) is 0 Å². The predicted molar refractivity (Wildman–Crippen MR) is 73.3 cm³/mol. The van der Waals surface area contributed by atoms with E-state index in [0.29, 0.717) is 0 Å². The molecule has 4 nitrogen and oxygen atoms in total. The van der Waals surface area contributed by atoms with E-state index in [9.17, 15) is 4.79 Å². The summed E-state index contributed by atoms with van der Waals surface area (Å²) in [6.07, 6.45) is 5.13. The van der Waals surface area contributed by atoms with Crippen LogP contribution in [-0.2, 0) is 6.54 Å². The Morgan fingerprint density at radius 2 is 2.16 bits per heavy atom. The topological polar surface area (TPSA) is 53.7 Å². The van der Waals surface area contributed by atoms with E-state index in [1.165, 1.54) is 25.7 Å². The Balaban J connectivity index is 1.90. The molecular weight excluding hydrogens is 242 g/mol. The number of aromatic carboxylic acids is 1. The van der Waals surface area contributed by atoms with Crippen LogP contribution in [0, 0.1) is 12.8 Å². The van der Waals surface area contributed by atoms with Gasteiger partial charge in [0, 0.05) is 12.1 Å². The second-order valence-corrected chi connectivity index (χ2v) is 5.51. The molecule has 1 aromatic heterocycles. The van der Waals surface area contributed by atoms with Crippen LogP contribution in [0.1, 0.15) is 54.5 Å². The molecule has 0 unspecified atom stereocenters. The first-order valence-corrected chi connectivity index (χ1v) is 7.15. The Morgan fingerprint density at radius 3 is 2.68 bits per heavy atom. The lowest BCUT2D eigenvalue weighted by molar-refractivity contribution is 0.0661. The van der Waals surface area contributed by atoms with Crippen molar-refractivity contribution in [3.05, 3.63) is 23.2 Å². The van der Waals surface area contributed by atoms with Crippen LogP contribution in [-0.4, -0.2) is 29.1 Å². The second kappa shape index (κ2) is 6.24. The fourth-order valence-corrected chi connectivity index (χ4v) is 2.86. The molecule has 0 spiro atoms. The molecule has 1 fully saturated rings. The Hall–Kier alpha value is -1.29. The Kier molecular flexibility index (Phi) is 4.64. The van der Waals surface area contributed by atoms with Gasteiger partial charge in [0.05, 0.1) is 0 Å². The molecule has 106 valence electrons. The molecule has 1 aromatic rings. The van der Waals surface area contributed by atoms with Crippen molar-refractivity contribution >= 4 is 5.97 Å². The van der Waals surface area contributed by atoms with E-state index in [2.05, 4.69) is 11.8 Å². The number of nitrogens with zero attached hydrogens (tertiary/aromatic N) is 1. The largest absolute Gasteiger partial charge is 0.475 e. The minimum atomic E-state index is -0.990. The van der Waals surface area contributed by atoms with Crippen molar-refractivity contribution in [2.45, 2.75) is 46.1 Å². The third-order valence-corrected chi connectivity index (χ3v) is 4.03. The molecule has 0 atom stereocenters. The molecule has 0 radical (unpaired) electrons. The first-order chi connectivity index (χ1) is 9.10. The van der Waals surface area contributed by atoms with Crippen LogP contribution < -0.4 is 0 Å². The van der Waals surface area contributed by atoms with Crippen molar-refractivity contribution in [1.82, 2.24) is 4.90 Å². The average molecular weight is 265 g/mol. The van der Waals surface area contributed by atoms with E-state index in [1.54, 1.807) is 6.07 Å². The van der Waals surface area contributed by atoms with Gasteiger partial charge in [0.1, 0.15) is 5.76 Å². The number of likely N-dealkylation sites (tertiary alicyclic amines) is 1. The molecule has 4 heteroatoms. The zero-order valence-corrected chi connectivity index (χ0v) is 11.8. The van der Waals surface area contributed by atoms with E-state index >= 15 is 0 Å². The van der Waals surface area contributed by atoms with Gasteiger partial charge in [-0.15, -0.1) is 0 Å². The number of hydrogen-bond acceptors (Lipinski definition) is 3. The highest BCUT2D eigenvalue weighted by Crippen LogP contribution is 2.24. The maximum absolute atomic E-state index is 10.9. The van der Waals surface area contributed by atoms with Gasteiger partial charge >= 0.3 is 5.97 Å². The van der Waals surface area contributed by atoms with Gasteiger partial charge in [0.25, 0.3) is 0 Å². The average Bonchev–Trinajstić information content (AvgIpc) is 2.74. The number of aryl methyl sites for hydroxylation is 1. The lowest BCUT2D eigenvalue weighted by Gasteiger charge is -2.31. The highest BCUT2D eigenvalue weighted by atomic mass is 16.4. The zero-order chi connectivity index (χ0) is 13.8. The molecule has 2 heterocycles. The molecule has 1 N–H and O–H groups in total. The van der Waals surface area contributed by atoms with E-state index in [1.807, 2.05) is 6.92 Å². The van der Waals surface area contributed by atoms with Gasteiger partial charge in [-0.3, -0.25) is 4.90 Å². The van der Waals surface area contributed by atoms with Gasteiger partial charge < -0.3 is 9.52 Å². The molecule has 0 aromatic carbocycles. The molecule has 1 saturated heterocycles. The highest BCUT2D eigenvalue weighted by molar-refractivity contribution is 5.84. The van der Waals surface area contributed by atoms with E-state index < -0.39 is 5.97 Å². The predicted octanol–water partition coefficient (Wildman–Crippen LogP) is 3.30. The van der Waals surface area contributed by atoms with Gasteiger partial charge in [-0.2, -0.15) is 0 Å². The molecular formula is C15H23NO3. The van der Waals surface area contributed by atoms with Crippen LogP contribution in [0.4, 0.5) is 0 Å². The summed E-state index contributed by atoms with van der Waals surface area (Å²) in [6.45, 7) is 7.11. The zero-order valence-electron chi connectivity index (χ0n) is 11.8. The summed E-state index contributed by atoms with van der Waals surface area (Å²) in [5.41, 5.74) is 1.01. The number of rotatable bonds is 5. The SMILES string of the molecule is CCCC1CCN(Cc2cc(C(=O)O)oc2C)CC1. The van der Waals surface area contributed by atoms with Gasteiger partial charge in [0.15, 0.2) is 0 Å². The van der Waals surface area contributed by atoms with Crippen molar-refractivity contribution in [3.63, 3.8) is 0 Å². The number of carbonyl (C=O) groups is 1. The fraction of sp³-hybridized carbons (Fsp3) is 0.667. The number of carboxylic acids is 1. The van der Waals surface area contributed by atoms with Crippen molar-refractivity contribution in [3.8, 4) is 0 Å². The first-order valence-electron chi connectivity index (χ1n) is 7.15. The summed E-state index contributed by atoms with van der Waals surface area (Å²) in [5, 5.41) is 8.91. The van der Waals surface area contributed by atoms with Crippen LogP contribution >= 0.6 is 0 Å². The third kappa shape index (κ3) is 3.60. The monoisotopic (exact) mass is 265 g/mol. The molecule has 0 bridgehead atoms. The normalized spacial score (nSPS) is 17.8. The van der Waals surface area contributed by atoms with Gasteiger partial charge in [-0.25, -0.2) is 4.79 Å². The fourth-order valence-electron chi connectivity index (χ4n) is 2.86. The summed E-state index contributed by atoms with van der Waals surface area (Å²) in [4.78, 5) is 13.3. The maximum Gasteiger partial charge on any atom is 0.371 e. The van der Waals surface area contributed by atoms with E-state index in [-0.39, 0.29) is 5.76 Å². The molecule has 19 heavy (non-hydrogen) atoms. The summed E-state index contributed by atoms with van der Waals surface area (Å²) < 4.78 is 5.25. The van der Waals surface area contributed by atoms with Crippen LogP contribution in [0.5, 0.6) is 0 Å². The molecule has 0 aliphatic carbocycles. The third-order valence-electron chi connectivity index (χ3n) is 4.03. The Labute approximate surface area is 114 Å². The van der Waals surface area contributed by atoms with Crippen LogP contribution in [0.15, 0.2) is 10.5 Å². The maximum atomic E-state index is 10.9. The lowest BCUT2D eigenvalue weighted by atomic mass is 9.92. The van der Waals surface area contributed by atoms with E-state index in [4.69, 9.17) is 9.52 Å². The minimum Gasteiger partial charge on any atom is -0.475 e. The lowest BCUT2D eigenvalue weighted by Crippen LogP contribution is -2.33. The minimum absolute atomic E-state index is 0.0494. The molecule has 0 amide bonds. The summed E-state index contributed by atoms with van der Waals surface area (Å²) in [5.74, 6) is 0.665. The quantitative estimate of drug-likeness (QED) is 0.887. The molecule has 0 saturated carbocycles. The number of piperidine rings is 1. The van der Waals surface area contributed by atoms with Gasteiger partial charge in [0.2, 0.25) is 5.76 Å². The highest BCUT2D eigenvalue weighted by Gasteiger charge is 2.20. The summed E-state index contributed by atoms with van der Waals surface area (Å²) in [6, 6.07) is 1.66. The molecule has 2 rings (SSSR count). The molecule has 1 aliphatic rings. The first kappa shape index (κ1) is 14.1. The van der Waals surface area contributed by atoms with E-state index in [0.717, 1.165) is 36.9 Å². The van der Waals surface area contributed by atoms with Crippen molar-refractivity contribution in [2.24, 2.45) is 5.92 Å². The smallest absolute Gasteiger partial charge is 0.371 e. The van der Waals surface area contributed by atoms with Crippen molar-refractivity contribution in [1.29, 1.82) is 0 Å². The second-order valence-electron chi connectivity index (χ2n) is 5.51. The molecule has 1 aliphatic heterocycles. The summed E-state index contributed by atoms with van der Waals surface area (Å²) in [7, 11) is 0. The van der Waals surface area contributed by atoms with Crippen molar-refractivity contribution in [2.75, 3.05) is 13.1 Å². The Morgan fingerprint density at radius 1 is 1.47 bits per heavy atom. The van der Waals surface area contributed by atoms with Crippen LogP contribution in [0.25, 0.3) is 0 Å². The van der Waals surface area contributed by atoms with Gasteiger partial charge in [-0.05, 0) is 44.8 Å². The van der Waals surface area contributed by atoms with Crippen LogP contribution in [0.3, 0.4) is 0 Å². The standard InChI is InChI=1S/C15H23NO3/c1-3-4-12-5-7-16(8-6-12)10-13-9-14(15(17)18)19-11(13)2/h9,12H,3-8,10H2,1-2H3,(H,17,18). The number of hydrogen-bond donors (Lipinski definition) is 1. The summed E-state index contributed by atoms with van der Waals surface area (Å²) >= 11 is 0. The Bertz CT molecular complexity index is 431. The number of carboxylic acid groups (broad SMARTS) is 1. The van der Waals surface area contributed by atoms with Crippen molar-refractivity contribution < 1.29 is 14.3 Å². The van der Waals surface area contributed by atoms with Gasteiger partial charge in [-0.1, -0.05) is 19.8 Å².